The van der Waals surface area contributed by atoms with Gasteiger partial charge < -0.3 is 15.4 Å². The van der Waals surface area contributed by atoms with Crippen LogP contribution in [0.25, 0.3) is 0 Å². The second-order valence-corrected chi connectivity index (χ2v) is 8.82. The van der Waals surface area contributed by atoms with E-state index in [4.69, 9.17) is 4.74 Å². The third kappa shape index (κ3) is 3.07. The highest BCUT2D eigenvalue weighted by atomic mass is 16.5. The monoisotopic (exact) mass is 334 g/mol. The van der Waals surface area contributed by atoms with Gasteiger partial charge in [-0.3, -0.25) is 9.59 Å². The van der Waals surface area contributed by atoms with Crippen LogP contribution in [0, 0.1) is 23.2 Å². The molecule has 1 saturated heterocycles. The lowest BCUT2D eigenvalue weighted by molar-refractivity contribution is -0.141. The lowest BCUT2D eigenvalue weighted by atomic mass is 9.48. The fourth-order valence-electron chi connectivity index (χ4n) is 6.22. The molecule has 0 aromatic rings. The van der Waals surface area contributed by atoms with Gasteiger partial charge in [-0.2, -0.15) is 0 Å². The fourth-order valence-corrected chi connectivity index (χ4v) is 6.22. The van der Waals surface area contributed by atoms with Crippen LogP contribution < -0.4 is 10.6 Å². The second-order valence-electron chi connectivity index (χ2n) is 8.82. The zero-order valence-electron chi connectivity index (χ0n) is 14.7. The normalized spacial score (nSPS) is 41.2. The summed E-state index contributed by atoms with van der Waals surface area (Å²) in [6.07, 6.45) is 9.95. The van der Waals surface area contributed by atoms with Crippen molar-refractivity contribution in [1.82, 2.24) is 10.6 Å². The van der Waals surface area contributed by atoms with Gasteiger partial charge in [0.2, 0.25) is 0 Å². The van der Waals surface area contributed by atoms with Crippen molar-refractivity contribution in [3.8, 4) is 0 Å². The number of carbonyl (C=O) groups excluding carboxylic acids is 2. The number of hydrogen-bond donors (Lipinski definition) is 2. The average Bonchev–Trinajstić information content (AvgIpc) is 3.04. The molecule has 134 valence electrons. The summed E-state index contributed by atoms with van der Waals surface area (Å²) in [7, 11) is 0. The van der Waals surface area contributed by atoms with Crippen LogP contribution in [0.5, 0.6) is 0 Å². The predicted octanol–water partition coefficient (Wildman–Crippen LogP) is 2.00. The van der Waals surface area contributed by atoms with Crippen molar-refractivity contribution < 1.29 is 14.3 Å². The van der Waals surface area contributed by atoms with Gasteiger partial charge in [0.25, 0.3) is 0 Å². The standard InChI is InChI=1S/C19H30N2O3/c1-12(19-8-13-5-14(9-19)7-15(6-13)10-19)21-18(23)17(22)20-11-16-3-2-4-24-16/h12-16H,2-11H2,1H3,(H,20,22)(H,21,23). The summed E-state index contributed by atoms with van der Waals surface area (Å²) in [6.45, 7) is 3.31. The summed E-state index contributed by atoms with van der Waals surface area (Å²) < 4.78 is 5.48. The summed E-state index contributed by atoms with van der Waals surface area (Å²) in [4.78, 5) is 24.4. The van der Waals surface area contributed by atoms with E-state index in [2.05, 4.69) is 17.6 Å². The third-order valence-corrected chi connectivity index (χ3v) is 7.07. The zero-order valence-corrected chi connectivity index (χ0v) is 14.7. The molecule has 5 nitrogen and oxygen atoms in total. The molecular formula is C19H30N2O3. The molecule has 1 heterocycles. The van der Waals surface area contributed by atoms with Gasteiger partial charge in [0.05, 0.1) is 6.10 Å². The number of carbonyl (C=O) groups is 2. The third-order valence-electron chi connectivity index (χ3n) is 7.07. The molecule has 2 amide bonds. The van der Waals surface area contributed by atoms with Crippen molar-refractivity contribution in [3.05, 3.63) is 0 Å². The molecule has 2 N–H and O–H groups in total. The van der Waals surface area contributed by atoms with Gasteiger partial charge in [-0.25, -0.2) is 0 Å². The molecule has 0 spiro atoms. The Hall–Kier alpha value is -1.10. The highest BCUT2D eigenvalue weighted by Crippen LogP contribution is 2.61. The first kappa shape index (κ1) is 16.4. The first-order chi connectivity index (χ1) is 11.5. The van der Waals surface area contributed by atoms with Crippen LogP contribution in [-0.4, -0.2) is 37.1 Å². The molecule has 0 aromatic heterocycles. The first-order valence-corrected chi connectivity index (χ1v) is 9.74. The highest BCUT2D eigenvalue weighted by molar-refractivity contribution is 6.35. The lowest BCUT2D eigenvalue weighted by Crippen LogP contribution is -2.57. The minimum Gasteiger partial charge on any atom is -0.376 e. The summed E-state index contributed by atoms with van der Waals surface area (Å²) in [5.74, 6) is 1.56. The molecule has 0 radical (unpaired) electrons. The van der Waals surface area contributed by atoms with E-state index in [1.54, 1.807) is 0 Å². The van der Waals surface area contributed by atoms with Crippen molar-refractivity contribution >= 4 is 11.8 Å². The maximum atomic E-state index is 12.3. The van der Waals surface area contributed by atoms with E-state index in [1.807, 2.05) is 0 Å². The molecule has 2 unspecified atom stereocenters. The minimum atomic E-state index is -0.512. The van der Waals surface area contributed by atoms with Crippen LogP contribution in [0.1, 0.15) is 58.3 Å². The molecule has 2 atom stereocenters. The Morgan fingerprint density at radius 1 is 1.08 bits per heavy atom. The van der Waals surface area contributed by atoms with Crippen LogP contribution in [0.2, 0.25) is 0 Å². The number of amides is 2. The Balaban J connectivity index is 1.31. The van der Waals surface area contributed by atoms with Crippen molar-refractivity contribution in [1.29, 1.82) is 0 Å². The summed E-state index contributed by atoms with van der Waals surface area (Å²) in [5.41, 5.74) is 0.235. The molecule has 1 aliphatic heterocycles. The molecule has 24 heavy (non-hydrogen) atoms. The molecular weight excluding hydrogens is 304 g/mol. The van der Waals surface area contributed by atoms with Gasteiger partial charge in [0, 0.05) is 19.2 Å². The number of rotatable bonds is 4. The second kappa shape index (κ2) is 6.32. The maximum Gasteiger partial charge on any atom is 0.309 e. The van der Waals surface area contributed by atoms with Crippen LogP contribution in [0.4, 0.5) is 0 Å². The summed E-state index contributed by atoms with van der Waals surface area (Å²) in [5, 5.41) is 5.75. The van der Waals surface area contributed by atoms with Crippen LogP contribution >= 0.6 is 0 Å². The van der Waals surface area contributed by atoms with Crippen molar-refractivity contribution in [2.45, 2.75) is 70.4 Å². The van der Waals surface area contributed by atoms with E-state index in [0.29, 0.717) is 6.54 Å². The molecule has 5 aliphatic rings. The fraction of sp³-hybridized carbons (Fsp3) is 0.895. The Labute approximate surface area is 144 Å². The number of nitrogens with one attached hydrogen (secondary N) is 2. The SMILES string of the molecule is CC(NC(=O)C(=O)NCC1CCCO1)C12CC3CC(CC(C3)C1)C2. The number of ether oxygens (including phenoxy) is 1. The Morgan fingerprint density at radius 3 is 2.25 bits per heavy atom. The summed E-state index contributed by atoms with van der Waals surface area (Å²) >= 11 is 0. The van der Waals surface area contributed by atoms with Crippen molar-refractivity contribution in [3.63, 3.8) is 0 Å². The predicted molar refractivity (Wildman–Crippen MR) is 90.2 cm³/mol. The van der Waals surface area contributed by atoms with E-state index in [-0.39, 0.29) is 17.6 Å². The van der Waals surface area contributed by atoms with Gasteiger partial charge >= 0.3 is 11.8 Å². The van der Waals surface area contributed by atoms with Gasteiger partial charge in [-0.1, -0.05) is 0 Å². The van der Waals surface area contributed by atoms with E-state index in [0.717, 1.165) is 37.2 Å². The average molecular weight is 334 g/mol. The van der Waals surface area contributed by atoms with Crippen molar-refractivity contribution in [2.75, 3.05) is 13.2 Å². The van der Waals surface area contributed by atoms with Crippen molar-refractivity contribution in [2.24, 2.45) is 23.2 Å². The van der Waals surface area contributed by atoms with Gasteiger partial charge in [0.1, 0.15) is 0 Å². The van der Waals surface area contributed by atoms with E-state index in [1.165, 1.54) is 38.5 Å². The number of hydrogen-bond acceptors (Lipinski definition) is 3. The first-order valence-electron chi connectivity index (χ1n) is 9.74. The summed E-state index contributed by atoms with van der Waals surface area (Å²) in [6, 6.07) is 0.0897. The molecule has 5 heteroatoms. The zero-order chi connectivity index (χ0) is 16.7. The van der Waals surface area contributed by atoms with Gasteiger partial charge in [0.15, 0.2) is 0 Å². The minimum absolute atomic E-state index is 0.0716. The smallest absolute Gasteiger partial charge is 0.309 e. The largest absolute Gasteiger partial charge is 0.376 e. The lowest BCUT2D eigenvalue weighted by Gasteiger charge is -2.59. The molecule has 4 aliphatic carbocycles. The Morgan fingerprint density at radius 2 is 1.71 bits per heavy atom. The highest BCUT2D eigenvalue weighted by Gasteiger charge is 2.53. The van der Waals surface area contributed by atoms with E-state index in [9.17, 15) is 9.59 Å². The van der Waals surface area contributed by atoms with E-state index >= 15 is 0 Å². The van der Waals surface area contributed by atoms with E-state index < -0.39 is 11.8 Å². The molecule has 0 aromatic carbocycles. The molecule has 5 fully saturated rings. The Bertz CT molecular complexity index is 477. The van der Waals surface area contributed by atoms with Crippen LogP contribution in [-0.2, 0) is 14.3 Å². The Kier molecular flexibility index (Phi) is 4.31. The topological polar surface area (TPSA) is 67.4 Å². The quantitative estimate of drug-likeness (QED) is 0.773. The molecule has 4 saturated carbocycles. The maximum absolute atomic E-state index is 12.3. The van der Waals surface area contributed by atoms with Crippen LogP contribution in [0.3, 0.4) is 0 Å². The van der Waals surface area contributed by atoms with Gasteiger partial charge in [-0.15, -0.1) is 0 Å². The molecule has 5 rings (SSSR count). The van der Waals surface area contributed by atoms with Gasteiger partial charge in [-0.05, 0) is 81.5 Å². The molecule has 4 bridgehead atoms. The van der Waals surface area contributed by atoms with Crippen LogP contribution in [0.15, 0.2) is 0 Å².